The highest BCUT2D eigenvalue weighted by molar-refractivity contribution is 5.66. The summed E-state index contributed by atoms with van der Waals surface area (Å²) in [5.74, 6) is -10.9. The van der Waals surface area contributed by atoms with Crippen LogP contribution in [0.1, 0.15) is 25.3 Å². The highest BCUT2D eigenvalue weighted by Crippen LogP contribution is 2.38. The van der Waals surface area contributed by atoms with Crippen LogP contribution in [0.4, 0.5) is 22.0 Å². The molecule has 0 aromatic heterocycles. The monoisotopic (exact) mass is 282 g/mol. The van der Waals surface area contributed by atoms with Crippen molar-refractivity contribution in [1.82, 2.24) is 0 Å². The number of rotatable bonds is 5. The lowest BCUT2D eigenvalue weighted by molar-refractivity contribution is -0.138. The van der Waals surface area contributed by atoms with Gasteiger partial charge >= 0.3 is 5.97 Å². The van der Waals surface area contributed by atoms with E-state index in [9.17, 15) is 26.7 Å². The van der Waals surface area contributed by atoms with Gasteiger partial charge in [-0.3, -0.25) is 4.79 Å². The van der Waals surface area contributed by atoms with E-state index < -0.39 is 53.7 Å². The summed E-state index contributed by atoms with van der Waals surface area (Å²) in [6, 6.07) is 0.322. The maximum absolute atomic E-state index is 13.7. The minimum atomic E-state index is -3.91. The van der Waals surface area contributed by atoms with Crippen LogP contribution in [-0.2, 0) is 10.7 Å². The van der Waals surface area contributed by atoms with Crippen molar-refractivity contribution in [3.8, 4) is 0 Å². The van der Waals surface area contributed by atoms with E-state index in [2.05, 4.69) is 0 Å². The Morgan fingerprint density at radius 2 is 1.74 bits per heavy atom. The molecule has 1 rings (SSSR count). The van der Waals surface area contributed by atoms with Crippen molar-refractivity contribution in [3.63, 3.8) is 0 Å². The van der Waals surface area contributed by atoms with E-state index in [1.807, 2.05) is 0 Å². The predicted octanol–water partition coefficient (Wildman–Crippen LogP) is 3.70. The molecule has 106 valence electrons. The first-order valence-electron chi connectivity index (χ1n) is 5.38. The quantitative estimate of drug-likeness (QED) is 0.836. The molecule has 0 saturated carbocycles. The van der Waals surface area contributed by atoms with Gasteiger partial charge in [0, 0.05) is 25.0 Å². The predicted molar refractivity (Wildman–Crippen MR) is 56.2 cm³/mol. The van der Waals surface area contributed by atoms with Crippen molar-refractivity contribution in [2.24, 2.45) is 5.92 Å². The number of carboxylic acids is 1. The van der Waals surface area contributed by atoms with E-state index in [4.69, 9.17) is 5.11 Å². The highest BCUT2D eigenvalue weighted by atomic mass is 19.3. The van der Waals surface area contributed by atoms with Crippen LogP contribution in [0.5, 0.6) is 0 Å². The van der Waals surface area contributed by atoms with E-state index in [-0.39, 0.29) is 12.1 Å². The van der Waals surface area contributed by atoms with Crippen molar-refractivity contribution < 1.29 is 31.9 Å². The van der Waals surface area contributed by atoms with Crippen LogP contribution in [-0.4, -0.2) is 11.1 Å². The molecule has 0 aliphatic heterocycles. The molecule has 1 atom stereocenters. The first-order chi connectivity index (χ1) is 8.63. The number of hydrogen-bond donors (Lipinski definition) is 1. The van der Waals surface area contributed by atoms with Gasteiger partial charge in [0.15, 0.2) is 0 Å². The molecule has 19 heavy (non-hydrogen) atoms. The minimum absolute atomic E-state index is 0.161. The number of carbonyl (C=O) groups is 1. The molecule has 2 nitrogen and oxygen atoms in total. The summed E-state index contributed by atoms with van der Waals surface area (Å²) in [7, 11) is 0. The van der Waals surface area contributed by atoms with Gasteiger partial charge < -0.3 is 5.11 Å². The van der Waals surface area contributed by atoms with Gasteiger partial charge in [-0.2, -0.15) is 0 Å². The SMILES string of the molecule is CC(CC(=O)O)CC(F)(F)c1c(F)cc(F)cc1F. The van der Waals surface area contributed by atoms with Crippen LogP contribution in [0.15, 0.2) is 12.1 Å². The number of halogens is 5. The van der Waals surface area contributed by atoms with Gasteiger partial charge in [0.05, 0.1) is 5.56 Å². The Bertz CT molecular complexity index is 464. The summed E-state index contributed by atoms with van der Waals surface area (Å²) in [6.07, 6.45) is -1.60. The normalized spacial score (nSPS) is 13.4. The number of carboxylic acid groups (broad SMARTS) is 1. The molecule has 0 aliphatic carbocycles. The summed E-state index contributed by atoms with van der Waals surface area (Å²) in [4.78, 5) is 10.4. The molecule has 0 amide bonds. The number of alkyl halides is 2. The van der Waals surface area contributed by atoms with E-state index >= 15 is 0 Å². The fourth-order valence-corrected chi connectivity index (χ4v) is 1.80. The molecule has 0 heterocycles. The van der Waals surface area contributed by atoms with Gasteiger partial charge in [-0.05, 0) is 5.92 Å². The molecule has 1 unspecified atom stereocenters. The largest absolute Gasteiger partial charge is 0.481 e. The molecule has 7 heteroatoms. The zero-order chi connectivity index (χ0) is 14.8. The molecule has 0 radical (unpaired) electrons. The zero-order valence-corrected chi connectivity index (χ0v) is 9.89. The fourth-order valence-electron chi connectivity index (χ4n) is 1.80. The van der Waals surface area contributed by atoms with Crippen LogP contribution in [0.3, 0.4) is 0 Å². The van der Waals surface area contributed by atoms with Crippen molar-refractivity contribution in [3.05, 3.63) is 35.1 Å². The Labute approximate surface area is 105 Å². The molecular weight excluding hydrogens is 271 g/mol. The standard InChI is InChI=1S/C12H11F5O2/c1-6(2-10(18)19)5-12(16,17)11-8(14)3-7(13)4-9(11)15/h3-4,6H,2,5H2,1H3,(H,18,19). The minimum Gasteiger partial charge on any atom is -0.481 e. The maximum Gasteiger partial charge on any atom is 0.303 e. The van der Waals surface area contributed by atoms with Gasteiger partial charge in [-0.1, -0.05) is 6.92 Å². The Kier molecular flexibility index (Phi) is 4.49. The third-order valence-corrected chi connectivity index (χ3v) is 2.50. The molecule has 0 bridgehead atoms. The summed E-state index contributed by atoms with van der Waals surface area (Å²) in [6.45, 7) is 1.22. The number of aliphatic carboxylic acids is 1. The highest BCUT2D eigenvalue weighted by Gasteiger charge is 2.39. The van der Waals surface area contributed by atoms with Gasteiger partial charge in [0.25, 0.3) is 5.92 Å². The molecule has 1 aromatic carbocycles. The third-order valence-electron chi connectivity index (χ3n) is 2.50. The van der Waals surface area contributed by atoms with E-state index in [1.54, 1.807) is 0 Å². The van der Waals surface area contributed by atoms with Crippen molar-refractivity contribution in [2.45, 2.75) is 25.7 Å². The Hall–Kier alpha value is -1.66. The van der Waals surface area contributed by atoms with Crippen LogP contribution in [0, 0.1) is 23.4 Å². The third kappa shape index (κ3) is 3.90. The molecule has 1 aromatic rings. The average Bonchev–Trinajstić information content (AvgIpc) is 2.10. The summed E-state index contributed by atoms with van der Waals surface area (Å²) < 4.78 is 66.5. The molecule has 0 fully saturated rings. The second kappa shape index (κ2) is 5.54. The van der Waals surface area contributed by atoms with Gasteiger partial charge in [-0.15, -0.1) is 0 Å². The van der Waals surface area contributed by atoms with Crippen molar-refractivity contribution in [2.75, 3.05) is 0 Å². The Morgan fingerprint density at radius 1 is 1.26 bits per heavy atom. The van der Waals surface area contributed by atoms with Gasteiger partial charge in [0.2, 0.25) is 0 Å². The summed E-state index contributed by atoms with van der Waals surface area (Å²) in [5.41, 5.74) is -1.54. The van der Waals surface area contributed by atoms with Crippen molar-refractivity contribution in [1.29, 1.82) is 0 Å². The van der Waals surface area contributed by atoms with Crippen LogP contribution in [0.2, 0.25) is 0 Å². The maximum atomic E-state index is 13.7. The zero-order valence-electron chi connectivity index (χ0n) is 9.89. The lowest BCUT2D eigenvalue weighted by Gasteiger charge is -2.21. The second-order valence-corrected chi connectivity index (χ2v) is 4.36. The Morgan fingerprint density at radius 3 is 2.16 bits per heavy atom. The number of benzene rings is 1. The van der Waals surface area contributed by atoms with E-state index in [0.29, 0.717) is 0 Å². The Balaban J connectivity index is 3.03. The molecule has 0 aliphatic rings. The molecule has 1 N–H and O–H groups in total. The lowest BCUT2D eigenvalue weighted by Crippen LogP contribution is -2.22. The van der Waals surface area contributed by atoms with Crippen LogP contribution in [0.25, 0.3) is 0 Å². The van der Waals surface area contributed by atoms with E-state index in [1.165, 1.54) is 6.92 Å². The first-order valence-corrected chi connectivity index (χ1v) is 5.38. The summed E-state index contributed by atoms with van der Waals surface area (Å²) >= 11 is 0. The van der Waals surface area contributed by atoms with Gasteiger partial charge in [-0.25, -0.2) is 22.0 Å². The molecule has 0 spiro atoms. The lowest BCUT2D eigenvalue weighted by atomic mass is 9.94. The van der Waals surface area contributed by atoms with Gasteiger partial charge in [0.1, 0.15) is 17.5 Å². The molecular formula is C12H11F5O2. The van der Waals surface area contributed by atoms with Crippen molar-refractivity contribution >= 4 is 5.97 Å². The topological polar surface area (TPSA) is 37.3 Å². The fraction of sp³-hybridized carbons (Fsp3) is 0.417. The second-order valence-electron chi connectivity index (χ2n) is 4.36. The smallest absolute Gasteiger partial charge is 0.303 e. The van der Waals surface area contributed by atoms with Crippen LogP contribution >= 0.6 is 0 Å². The molecule has 0 saturated heterocycles. The number of hydrogen-bond acceptors (Lipinski definition) is 1. The first kappa shape index (κ1) is 15.4. The van der Waals surface area contributed by atoms with Crippen LogP contribution < -0.4 is 0 Å². The van der Waals surface area contributed by atoms with E-state index in [0.717, 1.165) is 0 Å². The summed E-state index contributed by atoms with van der Waals surface area (Å²) in [5, 5.41) is 8.45. The average molecular weight is 282 g/mol.